The fourth-order valence-corrected chi connectivity index (χ4v) is 3.07. The van der Waals surface area contributed by atoms with Crippen molar-refractivity contribution in [2.45, 2.75) is 18.4 Å². The highest BCUT2D eigenvalue weighted by Crippen LogP contribution is 2.26. The van der Waals surface area contributed by atoms with Crippen molar-refractivity contribution in [1.29, 1.82) is 0 Å². The zero-order valence-corrected chi connectivity index (χ0v) is 13.4. The Morgan fingerprint density at radius 3 is 2.75 bits per heavy atom. The Morgan fingerprint density at radius 1 is 1.29 bits per heavy atom. The highest BCUT2D eigenvalue weighted by atomic mass is 16.4. The summed E-state index contributed by atoms with van der Waals surface area (Å²) in [5, 5.41) is 15.7. The molecule has 5 nitrogen and oxygen atoms in total. The molecule has 1 aromatic heterocycles. The maximum absolute atomic E-state index is 10.6. The smallest absolute Gasteiger partial charge is 0.328 e. The highest BCUT2D eigenvalue weighted by molar-refractivity contribution is 5.84. The molecule has 2 heterocycles. The van der Waals surface area contributed by atoms with Crippen LogP contribution in [0.25, 0.3) is 6.08 Å². The molecule has 0 saturated carbocycles. The van der Waals surface area contributed by atoms with Gasteiger partial charge in [-0.1, -0.05) is 30.3 Å². The number of aliphatic carboxylic acids is 1. The molecule has 1 aliphatic heterocycles. The lowest BCUT2D eigenvalue weighted by molar-refractivity contribution is -0.131. The Morgan fingerprint density at radius 2 is 2.12 bits per heavy atom. The summed E-state index contributed by atoms with van der Waals surface area (Å²) in [4.78, 5) is 14.8. The highest BCUT2D eigenvalue weighted by Gasteiger charge is 2.33. The second-order valence-electron chi connectivity index (χ2n) is 6.14. The molecule has 0 aliphatic carbocycles. The van der Waals surface area contributed by atoms with Gasteiger partial charge >= 0.3 is 5.97 Å². The molecule has 1 aromatic carbocycles. The Kier molecular flexibility index (Phi) is 4.91. The fourth-order valence-electron chi connectivity index (χ4n) is 3.07. The van der Waals surface area contributed by atoms with Gasteiger partial charge in [-0.25, -0.2) is 4.79 Å². The largest absolute Gasteiger partial charge is 0.478 e. The minimum absolute atomic E-state index is 0.0263. The quantitative estimate of drug-likeness (QED) is 0.713. The first-order chi connectivity index (χ1) is 11.7. The predicted molar refractivity (Wildman–Crippen MR) is 94.9 cm³/mol. The summed E-state index contributed by atoms with van der Waals surface area (Å²) in [5.41, 5.74) is 2.86. The summed E-state index contributed by atoms with van der Waals surface area (Å²) in [5.74, 6) is -0.974. The van der Waals surface area contributed by atoms with E-state index in [0.29, 0.717) is 5.69 Å². The number of benzene rings is 1. The van der Waals surface area contributed by atoms with Crippen LogP contribution in [0.5, 0.6) is 0 Å². The van der Waals surface area contributed by atoms with Crippen LogP contribution in [0.15, 0.2) is 54.7 Å². The summed E-state index contributed by atoms with van der Waals surface area (Å²) in [7, 11) is 0. The average Bonchev–Trinajstić information content (AvgIpc) is 3.03. The normalized spacial score (nSPS) is 20.3. The number of anilines is 1. The monoisotopic (exact) mass is 323 g/mol. The van der Waals surface area contributed by atoms with Gasteiger partial charge < -0.3 is 15.7 Å². The average molecular weight is 323 g/mol. The minimum atomic E-state index is -0.974. The SMILES string of the molecule is O=C(O)/C=C/c1ccc(N[C@]2(Cc3ccccc3)CCNC2)cn1. The number of pyridine rings is 1. The second kappa shape index (κ2) is 7.27. The fraction of sp³-hybridized carbons (Fsp3) is 0.263. The Bertz CT molecular complexity index is 705. The van der Waals surface area contributed by atoms with E-state index in [0.717, 1.165) is 37.7 Å². The van der Waals surface area contributed by atoms with Crippen LogP contribution in [0, 0.1) is 0 Å². The van der Waals surface area contributed by atoms with E-state index in [1.54, 1.807) is 6.20 Å². The number of hydrogen-bond donors (Lipinski definition) is 3. The van der Waals surface area contributed by atoms with E-state index in [4.69, 9.17) is 5.11 Å². The first-order valence-electron chi connectivity index (χ1n) is 8.05. The molecular weight excluding hydrogens is 302 g/mol. The molecular formula is C19H21N3O2. The molecule has 0 amide bonds. The number of nitrogens with one attached hydrogen (secondary N) is 2. The van der Waals surface area contributed by atoms with Gasteiger partial charge in [-0.05, 0) is 43.2 Å². The zero-order chi connectivity index (χ0) is 16.8. The van der Waals surface area contributed by atoms with Crippen LogP contribution in [0.1, 0.15) is 17.7 Å². The van der Waals surface area contributed by atoms with E-state index in [1.165, 1.54) is 11.6 Å². The van der Waals surface area contributed by atoms with Gasteiger partial charge in [0.15, 0.2) is 0 Å². The van der Waals surface area contributed by atoms with Crippen molar-refractivity contribution in [1.82, 2.24) is 10.3 Å². The van der Waals surface area contributed by atoms with E-state index in [1.807, 2.05) is 18.2 Å². The molecule has 0 spiro atoms. The number of carbonyl (C=O) groups is 1. The summed E-state index contributed by atoms with van der Waals surface area (Å²) < 4.78 is 0. The predicted octanol–water partition coefficient (Wildman–Crippen LogP) is 2.57. The van der Waals surface area contributed by atoms with Crippen molar-refractivity contribution in [2.24, 2.45) is 0 Å². The summed E-state index contributed by atoms with van der Waals surface area (Å²) >= 11 is 0. The number of rotatable bonds is 6. The maximum Gasteiger partial charge on any atom is 0.328 e. The maximum atomic E-state index is 10.6. The van der Waals surface area contributed by atoms with E-state index in [9.17, 15) is 4.79 Å². The van der Waals surface area contributed by atoms with E-state index in [2.05, 4.69) is 39.9 Å². The van der Waals surface area contributed by atoms with Crippen LogP contribution < -0.4 is 10.6 Å². The molecule has 1 atom stereocenters. The van der Waals surface area contributed by atoms with Gasteiger partial charge in [0.25, 0.3) is 0 Å². The van der Waals surface area contributed by atoms with Crippen molar-refractivity contribution < 1.29 is 9.90 Å². The molecule has 3 N–H and O–H groups in total. The van der Waals surface area contributed by atoms with Crippen molar-refractivity contribution >= 4 is 17.7 Å². The van der Waals surface area contributed by atoms with Crippen LogP contribution >= 0.6 is 0 Å². The van der Waals surface area contributed by atoms with Gasteiger partial charge in [0, 0.05) is 12.6 Å². The summed E-state index contributed by atoms with van der Waals surface area (Å²) in [6.07, 6.45) is 6.33. The lowest BCUT2D eigenvalue weighted by atomic mass is 9.89. The van der Waals surface area contributed by atoms with Gasteiger partial charge in [-0.3, -0.25) is 4.98 Å². The van der Waals surface area contributed by atoms with Gasteiger partial charge in [-0.2, -0.15) is 0 Å². The summed E-state index contributed by atoms with van der Waals surface area (Å²) in [6, 6.07) is 14.2. The summed E-state index contributed by atoms with van der Waals surface area (Å²) in [6.45, 7) is 1.90. The molecule has 1 saturated heterocycles. The van der Waals surface area contributed by atoms with Crippen LogP contribution in [0.2, 0.25) is 0 Å². The van der Waals surface area contributed by atoms with Gasteiger partial charge in [0.1, 0.15) is 0 Å². The van der Waals surface area contributed by atoms with Crippen molar-refractivity contribution in [3.05, 3.63) is 66.0 Å². The second-order valence-corrected chi connectivity index (χ2v) is 6.14. The molecule has 3 rings (SSSR count). The molecule has 0 bridgehead atoms. The lowest BCUT2D eigenvalue weighted by Crippen LogP contribution is -2.42. The topological polar surface area (TPSA) is 74.2 Å². The van der Waals surface area contributed by atoms with E-state index < -0.39 is 5.97 Å². The third-order valence-corrected chi connectivity index (χ3v) is 4.22. The van der Waals surface area contributed by atoms with Crippen molar-refractivity contribution in [3.8, 4) is 0 Å². The van der Waals surface area contributed by atoms with Crippen LogP contribution in [-0.2, 0) is 11.2 Å². The van der Waals surface area contributed by atoms with E-state index >= 15 is 0 Å². The first kappa shape index (κ1) is 16.2. The molecule has 0 radical (unpaired) electrons. The van der Waals surface area contributed by atoms with Gasteiger partial charge in [-0.15, -0.1) is 0 Å². The van der Waals surface area contributed by atoms with Crippen LogP contribution in [0.4, 0.5) is 5.69 Å². The van der Waals surface area contributed by atoms with Gasteiger partial charge in [0.05, 0.1) is 23.1 Å². The van der Waals surface area contributed by atoms with Crippen LogP contribution in [0.3, 0.4) is 0 Å². The van der Waals surface area contributed by atoms with Gasteiger partial charge in [0.2, 0.25) is 0 Å². The minimum Gasteiger partial charge on any atom is -0.478 e. The van der Waals surface area contributed by atoms with E-state index in [-0.39, 0.29) is 5.54 Å². The molecule has 2 aromatic rings. The molecule has 1 aliphatic rings. The van der Waals surface area contributed by atoms with Crippen molar-refractivity contribution in [3.63, 3.8) is 0 Å². The number of hydrogen-bond acceptors (Lipinski definition) is 4. The lowest BCUT2D eigenvalue weighted by Gasteiger charge is -2.31. The third kappa shape index (κ3) is 4.20. The molecule has 124 valence electrons. The molecule has 1 fully saturated rings. The molecule has 5 heteroatoms. The number of nitrogens with zero attached hydrogens (tertiary/aromatic N) is 1. The number of aromatic nitrogens is 1. The Balaban J connectivity index is 1.73. The standard InChI is InChI=1S/C19H21N3O2/c23-18(24)9-8-16-6-7-17(13-21-16)22-19(10-11-20-14-19)12-15-4-2-1-3-5-15/h1-9,13,20,22H,10-12,14H2,(H,23,24)/b9-8+/t19-/m0/s1. The number of carboxylic acids is 1. The number of carboxylic acid groups (broad SMARTS) is 1. The third-order valence-electron chi connectivity index (χ3n) is 4.22. The molecule has 24 heavy (non-hydrogen) atoms. The zero-order valence-electron chi connectivity index (χ0n) is 13.4. The Labute approximate surface area is 141 Å². The first-order valence-corrected chi connectivity index (χ1v) is 8.05. The van der Waals surface area contributed by atoms with Crippen LogP contribution in [-0.4, -0.2) is 34.7 Å². The molecule has 0 unspecified atom stereocenters. The van der Waals surface area contributed by atoms with Crippen molar-refractivity contribution in [2.75, 3.05) is 18.4 Å². The Hall–Kier alpha value is -2.66.